The van der Waals surface area contributed by atoms with Gasteiger partial charge < -0.3 is 10.0 Å². The third kappa shape index (κ3) is 3.15. The van der Waals surface area contributed by atoms with E-state index in [0.717, 1.165) is 5.56 Å². The molecule has 0 radical (unpaired) electrons. The monoisotopic (exact) mass is 266 g/mol. The predicted molar refractivity (Wildman–Crippen MR) is 75.1 cm³/mol. The van der Waals surface area contributed by atoms with E-state index in [9.17, 15) is 9.90 Å². The molecule has 0 bridgehead atoms. The molecule has 2 rings (SSSR count). The second-order valence-electron chi connectivity index (χ2n) is 4.52. The molecule has 0 spiro atoms. The summed E-state index contributed by atoms with van der Waals surface area (Å²) >= 11 is 0. The molecule has 0 aliphatic rings. The summed E-state index contributed by atoms with van der Waals surface area (Å²) in [6.07, 6.45) is 0. The van der Waals surface area contributed by atoms with Crippen molar-refractivity contribution in [3.63, 3.8) is 0 Å². The highest BCUT2D eigenvalue weighted by molar-refractivity contribution is 5.94. The van der Waals surface area contributed by atoms with Gasteiger partial charge in [0.2, 0.25) is 0 Å². The number of carbonyl (C=O) groups excluding carboxylic acids is 1. The summed E-state index contributed by atoms with van der Waals surface area (Å²) in [6, 6.07) is 15.4. The van der Waals surface area contributed by atoms with E-state index in [4.69, 9.17) is 5.26 Å². The number of nitrogens with zero attached hydrogens (tertiary/aromatic N) is 2. The summed E-state index contributed by atoms with van der Waals surface area (Å²) in [4.78, 5) is 13.8. The molecular weight excluding hydrogens is 252 g/mol. The minimum absolute atomic E-state index is 0.130. The van der Waals surface area contributed by atoms with E-state index in [-0.39, 0.29) is 11.7 Å². The molecule has 2 aromatic rings. The highest BCUT2D eigenvalue weighted by atomic mass is 16.3. The SMILES string of the molecule is CN(Cc1cccc(C#N)c1)C(=O)c1ccc(O)cc1. The van der Waals surface area contributed by atoms with E-state index in [1.54, 1.807) is 42.3 Å². The van der Waals surface area contributed by atoms with Crippen molar-refractivity contribution in [3.8, 4) is 11.8 Å². The van der Waals surface area contributed by atoms with Crippen LogP contribution in [0.25, 0.3) is 0 Å². The van der Waals surface area contributed by atoms with Crippen molar-refractivity contribution in [1.29, 1.82) is 5.26 Å². The number of carbonyl (C=O) groups is 1. The molecule has 4 nitrogen and oxygen atoms in total. The molecule has 100 valence electrons. The Kier molecular flexibility index (Phi) is 4.02. The van der Waals surface area contributed by atoms with Crippen LogP contribution in [0.5, 0.6) is 5.75 Å². The first-order valence-corrected chi connectivity index (χ1v) is 6.13. The van der Waals surface area contributed by atoms with Gasteiger partial charge in [0.1, 0.15) is 5.75 Å². The molecule has 2 aromatic carbocycles. The van der Waals surface area contributed by atoms with Crippen LogP contribution in [-0.2, 0) is 6.54 Å². The van der Waals surface area contributed by atoms with Crippen molar-refractivity contribution in [3.05, 3.63) is 65.2 Å². The first-order chi connectivity index (χ1) is 9.60. The predicted octanol–water partition coefficient (Wildman–Crippen LogP) is 2.54. The van der Waals surface area contributed by atoms with Crippen LogP contribution in [0, 0.1) is 11.3 Å². The van der Waals surface area contributed by atoms with Gasteiger partial charge in [-0.25, -0.2) is 0 Å². The largest absolute Gasteiger partial charge is 0.508 e. The Morgan fingerprint density at radius 3 is 2.60 bits per heavy atom. The van der Waals surface area contributed by atoms with Gasteiger partial charge in [0.15, 0.2) is 0 Å². The van der Waals surface area contributed by atoms with Gasteiger partial charge in [-0.05, 0) is 42.0 Å². The number of aromatic hydroxyl groups is 1. The maximum atomic E-state index is 12.2. The zero-order valence-corrected chi connectivity index (χ0v) is 11.1. The van der Waals surface area contributed by atoms with Crippen molar-refractivity contribution in [2.45, 2.75) is 6.54 Å². The molecule has 0 fully saturated rings. The Hall–Kier alpha value is -2.80. The third-order valence-corrected chi connectivity index (χ3v) is 2.94. The topological polar surface area (TPSA) is 64.3 Å². The second-order valence-corrected chi connectivity index (χ2v) is 4.52. The number of hydrogen-bond donors (Lipinski definition) is 1. The van der Waals surface area contributed by atoms with E-state index < -0.39 is 0 Å². The fourth-order valence-corrected chi connectivity index (χ4v) is 1.91. The van der Waals surface area contributed by atoms with Crippen molar-refractivity contribution in [1.82, 2.24) is 4.90 Å². The number of nitriles is 1. The molecule has 20 heavy (non-hydrogen) atoms. The minimum atomic E-state index is -0.132. The third-order valence-electron chi connectivity index (χ3n) is 2.94. The van der Waals surface area contributed by atoms with Gasteiger partial charge in [-0.2, -0.15) is 5.26 Å². The van der Waals surface area contributed by atoms with Crippen LogP contribution in [-0.4, -0.2) is 23.0 Å². The molecule has 0 aromatic heterocycles. The Labute approximate surface area is 117 Å². The Balaban J connectivity index is 2.11. The van der Waals surface area contributed by atoms with Crippen molar-refractivity contribution in [2.24, 2.45) is 0 Å². The average molecular weight is 266 g/mol. The summed E-state index contributed by atoms with van der Waals surface area (Å²) in [5, 5.41) is 18.1. The van der Waals surface area contributed by atoms with E-state index in [1.807, 2.05) is 6.07 Å². The first kappa shape index (κ1) is 13.6. The molecule has 0 aliphatic carbocycles. The molecule has 0 saturated heterocycles. The molecule has 0 atom stereocenters. The van der Waals surface area contributed by atoms with Crippen molar-refractivity contribution in [2.75, 3.05) is 7.05 Å². The van der Waals surface area contributed by atoms with Gasteiger partial charge in [0, 0.05) is 19.2 Å². The van der Waals surface area contributed by atoms with Crippen LogP contribution in [0.1, 0.15) is 21.5 Å². The van der Waals surface area contributed by atoms with E-state index in [2.05, 4.69) is 6.07 Å². The van der Waals surface area contributed by atoms with Gasteiger partial charge >= 0.3 is 0 Å². The molecule has 0 aliphatic heterocycles. The highest BCUT2D eigenvalue weighted by Gasteiger charge is 2.12. The fraction of sp³-hybridized carbons (Fsp3) is 0.125. The van der Waals surface area contributed by atoms with Crippen LogP contribution in [0.15, 0.2) is 48.5 Å². The second kappa shape index (κ2) is 5.89. The smallest absolute Gasteiger partial charge is 0.253 e. The van der Waals surface area contributed by atoms with E-state index in [0.29, 0.717) is 17.7 Å². The minimum Gasteiger partial charge on any atom is -0.508 e. The van der Waals surface area contributed by atoms with Crippen LogP contribution < -0.4 is 0 Å². The summed E-state index contributed by atoms with van der Waals surface area (Å²) in [6.45, 7) is 0.426. The number of phenolic OH excluding ortho intramolecular Hbond substituents is 1. The van der Waals surface area contributed by atoms with Crippen molar-refractivity contribution < 1.29 is 9.90 Å². The molecule has 1 N–H and O–H groups in total. The summed E-state index contributed by atoms with van der Waals surface area (Å²) in [7, 11) is 1.70. The zero-order chi connectivity index (χ0) is 14.5. The van der Waals surface area contributed by atoms with E-state index >= 15 is 0 Å². The summed E-state index contributed by atoms with van der Waals surface area (Å²) in [5.74, 6) is -0.00159. The van der Waals surface area contributed by atoms with Crippen LogP contribution in [0.3, 0.4) is 0 Å². The maximum Gasteiger partial charge on any atom is 0.253 e. The number of hydrogen-bond acceptors (Lipinski definition) is 3. The molecular formula is C16H14N2O2. The summed E-state index contributed by atoms with van der Waals surface area (Å²) < 4.78 is 0. The quantitative estimate of drug-likeness (QED) is 0.928. The highest BCUT2D eigenvalue weighted by Crippen LogP contribution is 2.13. The van der Waals surface area contributed by atoms with Gasteiger partial charge in [0.05, 0.1) is 11.6 Å². The van der Waals surface area contributed by atoms with Crippen LogP contribution in [0.2, 0.25) is 0 Å². The lowest BCUT2D eigenvalue weighted by atomic mass is 10.1. The lowest BCUT2D eigenvalue weighted by Crippen LogP contribution is -2.26. The zero-order valence-electron chi connectivity index (χ0n) is 11.1. The molecule has 0 saturated carbocycles. The number of amides is 1. The average Bonchev–Trinajstić information content (AvgIpc) is 2.47. The maximum absolute atomic E-state index is 12.2. The number of benzene rings is 2. The van der Waals surface area contributed by atoms with E-state index in [1.165, 1.54) is 12.1 Å². The van der Waals surface area contributed by atoms with Gasteiger partial charge in [-0.15, -0.1) is 0 Å². The van der Waals surface area contributed by atoms with Gasteiger partial charge in [-0.3, -0.25) is 4.79 Å². The Morgan fingerprint density at radius 2 is 1.95 bits per heavy atom. The number of rotatable bonds is 3. The summed E-state index contributed by atoms with van der Waals surface area (Å²) in [5.41, 5.74) is 1.99. The van der Waals surface area contributed by atoms with Crippen molar-refractivity contribution >= 4 is 5.91 Å². The number of phenols is 1. The molecule has 0 heterocycles. The normalized spacial score (nSPS) is 9.80. The van der Waals surface area contributed by atoms with Crippen LogP contribution in [0.4, 0.5) is 0 Å². The standard InChI is InChI=1S/C16H14N2O2/c1-18(11-13-4-2-3-12(9-13)10-17)16(20)14-5-7-15(19)8-6-14/h2-9,19H,11H2,1H3. The Bertz CT molecular complexity index is 657. The van der Waals surface area contributed by atoms with Gasteiger partial charge in [0.25, 0.3) is 5.91 Å². The first-order valence-electron chi connectivity index (χ1n) is 6.13. The Morgan fingerprint density at radius 1 is 1.25 bits per heavy atom. The fourth-order valence-electron chi connectivity index (χ4n) is 1.91. The molecule has 4 heteroatoms. The van der Waals surface area contributed by atoms with Crippen LogP contribution >= 0.6 is 0 Å². The van der Waals surface area contributed by atoms with Gasteiger partial charge in [-0.1, -0.05) is 12.1 Å². The lowest BCUT2D eigenvalue weighted by molar-refractivity contribution is 0.0785. The molecule has 1 amide bonds. The lowest BCUT2D eigenvalue weighted by Gasteiger charge is -2.17. The molecule has 0 unspecified atom stereocenters.